The number of aromatic nitrogens is 1. The van der Waals surface area contributed by atoms with E-state index in [9.17, 15) is 0 Å². The molecule has 1 heterocycles. The minimum atomic E-state index is 1.01. The van der Waals surface area contributed by atoms with Crippen molar-refractivity contribution >= 4 is 49.4 Å². The van der Waals surface area contributed by atoms with Gasteiger partial charge in [-0.05, 0) is 70.4 Å². The first kappa shape index (κ1) is 22.5. The Bertz CT molecular complexity index is 1860. The fraction of sp³-hybridized carbons (Fsp3) is 0. The maximum Gasteiger partial charge on any atom is 0.124 e. The summed E-state index contributed by atoms with van der Waals surface area (Å²) in [6.45, 7) is 0. The molecule has 0 saturated heterocycles. The molecule has 0 N–H and O–H groups in total. The van der Waals surface area contributed by atoms with Gasteiger partial charge in [-0.3, -0.25) is 0 Å². The molecule has 0 bridgehead atoms. The molecule has 0 spiro atoms. The average Bonchev–Trinajstić information content (AvgIpc) is 3.42. The molecule has 7 rings (SSSR count). The van der Waals surface area contributed by atoms with Gasteiger partial charge in [0.1, 0.15) is 5.01 Å². The maximum absolute atomic E-state index is 4.98. The molecule has 2 nitrogen and oxygen atoms in total. The van der Waals surface area contributed by atoms with Crippen molar-refractivity contribution in [3.63, 3.8) is 0 Å². The third kappa shape index (κ3) is 4.23. The van der Waals surface area contributed by atoms with Crippen LogP contribution < -0.4 is 4.90 Å². The fourth-order valence-corrected chi connectivity index (χ4v) is 5.91. The van der Waals surface area contributed by atoms with E-state index in [1.807, 2.05) is 6.07 Å². The summed E-state index contributed by atoms with van der Waals surface area (Å²) >= 11 is 1.73. The van der Waals surface area contributed by atoms with Crippen molar-refractivity contribution in [2.75, 3.05) is 4.90 Å². The predicted octanol–water partition coefficient (Wildman–Crippen LogP) is 10.3. The molecule has 0 amide bonds. The van der Waals surface area contributed by atoms with Gasteiger partial charge in [-0.1, -0.05) is 97.1 Å². The molecule has 38 heavy (non-hydrogen) atoms. The minimum Gasteiger partial charge on any atom is -0.310 e. The number of hydrogen-bond donors (Lipinski definition) is 0. The highest BCUT2D eigenvalue weighted by molar-refractivity contribution is 7.21. The molecule has 0 aliphatic heterocycles. The summed E-state index contributed by atoms with van der Waals surface area (Å²) in [6.07, 6.45) is 0. The lowest BCUT2D eigenvalue weighted by atomic mass is 10.0. The smallest absolute Gasteiger partial charge is 0.124 e. The molecule has 0 saturated carbocycles. The summed E-state index contributed by atoms with van der Waals surface area (Å²) in [5.41, 5.74) is 7.91. The lowest BCUT2D eigenvalue weighted by Gasteiger charge is -2.25. The number of fused-ring (bicyclic) bond motifs is 2. The Hall–Kier alpha value is -4.73. The molecular formula is C35H24N2S. The topological polar surface area (TPSA) is 16.1 Å². The number of thiazole rings is 1. The highest BCUT2D eigenvalue weighted by atomic mass is 32.1. The second-order valence-corrected chi connectivity index (χ2v) is 10.3. The van der Waals surface area contributed by atoms with Crippen LogP contribution in [0.1, 0.15) is 0 Å². The van der Waals surface area contributed by atoms with Crippen LogP contribution in [0, 0.1) is 0 Å². The predicted molar refractivity (Wildman–Crippen MR) is 163 cm³/mol. The van der Waals surface area contributed by atoms with E-state index in [2.05, 4.69) is 144 Å². The zero-order chi connectivity index (χ0) is 25.3. The number of hydrogen-bond acceptors (Lipinski definition) is 3. The van der Waals surface area contributed by atoms with Gasteiger partial charge in [0, 0.05) is 22.6 Å². The van der Waals surface area contributed by atoms with E-state index in [0.717, 1.165) is 33.1 Å². The molecule has 3 heteroatoms. The summed E-state index contributed by atoms with van der Waals surface area (Å²) in [7, 11) is 0. The molecular weight excluding hydrogens is 480 g/mol. The van der Waals surface area contributed by atoms with Crippen LogP contribution in [0.4, 0.5) is 17.1 Å². The molecule has 7 aromatic rings. The summed E-state index contributed by atoms with van der Waals surface area (Å²) < 4.78 is 1.19. The second kappa shape index (κ2) is 9.62. The monoisotopic (exact) mass is 504 g/mol. The molecule has 0 unspecified atom stereocenters. The highest BCUT2D eigenvalue weighted by Crippen LogP contribution is 2.39. The molecule has 6 aromatic carbocycles. The first-order chi connectivity index (χ1) is 18.8. The fourth-order valence-electron chi connectivity index (χ4n) is 4.96. The number of para-hydroxylation sites is 1. The van der Waals surface area contributed by atoms with Crippen LogP contribution in [0.3, 0.4) is 0 Å². The maximum atomic E-state index is 4.98. The number of nitrogens with zero attached hydrogens (tertiary/aromatic N) is 2. The van der Waals surface area contributed by atoms with Gasteiger partial charge in [0.15, 0.2) is 0 Å². The van der Waals surface area contributed by atoms with Crippen LogP contribution in [-0.2, 0) is 0 Å². The Balaban J connectivity index is 1.28. The molecule has 0 fully saturated rings. The standard InChI is InChI=1S/C35H24N2S/c1-3-10-27(11-4-1)35-36-33-24-32(21-22-34(33)38-35)37(30-13-5-2-6-14-30)31-19-17-26(18-20-31)29-16-15-25-9-7-8-12-28(25)23-29/h1-24H. The van der Waals surface area contributed by atoms with Crippen molar-refractivity contribution in [3.05, 3.63) is 146 Å². The van der Waals surface area contributed by atoms with Crippen molar-refractivity contribution in [3.8, 4) is 21.7 Å². The van der Waals surface area contributed by atoms with Gasteiger partial charge in [-0.2, -0.15) is 0 Å². The zero-order valence-corrected chi connectivity index (χ0v) is 21.5. The van der Waals surface area contributed by atoms with E-state index >= 15 is 0 Å². The van der Waals surface area contributed by atoms with Gasteiger partial charge in [0.05, 0.1) is 10.2 Å². The molecule has 180 valence electrons. The summed E-state index contributed by atoms with van der Waals surface area (Å²) in [4.78, 5) is 7.28. The Kier molecular flexibility index (Phi) is 5.69. The van der Waals surface area contributed by atoms with E-state index in [1.165, 1.54) is 26.6 Å². The Labute approximate surface area is 226 Å². The van der Waals surface area contributed by atoms with Gasteiger partial charge >= 0.3 is 0 Å². The van der Waals surface area contributed by atoms with Gasteiger partial charge in [-0.25, -0.2) is 4.98 Å². The molecule has 0 aliphatic rings. The van der Waals surface area contributed by atoms with Crippen molar-refractivity contribution in [1.29, 1.82) is 0 Å². The molecule has 0 atom stereocenters. The largest absolute Gasteiger partial charge is 0.310 e. The molecule has 0 radical (unpaired) electrons. The van der Waals surface area contributed by atoms with Crippen molar-refractivity contribution < 1.29 is 0 Å². The van der Waals surface area contributed by atoms with Crippen molar-refractivity contribution in [2.45, 2.75) is 0 Å². The third-order valence-electron chi connectivity index (χ3n) is 6.87. The Morgan fingerprint density at radius 2 is 1.08 bits per heavy atom. The van der Waals surface area contributed by atoms with E-state index in [0.29, 0.717) is 0 Å². The van der Waals surface area contributed by atoms with E-state index in [4.69, 9.17) is 4.98 Å². The van der Waals surface area contributed by atoms with Crippen LogP contribution in [0.5, 0.6) is 0 Å². The van der Waals surface area contributed by atoms with E-state index in [1.54, 1.807) is 11.3 Å². The Morgan fingerprint density at radius 1 is 0.447 bits per heavy atom. The van der Waals surface area contributed by atoms with Crippen LogP contribution in [-0.4, -0.2) is 4.98 Å². The van der Waals surface area contributed by atoms with Crippen molar-refractivity contribution in [2.24, 2.45) is 0 Å². The summed E-state index contributed by atoms with van der Waals surface area (Å²) in [5.74, 6) is 0. The first-order valence-corrected chi connectivity index (χ1v) is 13.5. The van der Waals surface area contributed by atoms with E-state index in [-0.39, 0.29) is 0 Å². The van der Waals surface area contributed by atoms with Crippen molar-refractivity contribution in [1.82, 2.24) is 4.98 Å². The van der Waals surface area contributed by atoms with Crippen LogP contribution in [0.2, 0.25) is 0 Å². The second-order valence-electron chi connectivity index (χ2n) is 9.32. The zero-order valence-electron chi connectivity index (χ0n) is 20.7. The summed E-state index contributed by atoms with van der Waals surface area (Å²) in [6, 6.07) is 51.5. The van der Waals surface area contributed by atoms with Gasteiger partial charge in [0.25, 0.3) is 0 Å². The molecule has 1 aromatic heterocycles. The SMILES string of the molecule is c1ccc(-c2nc3cc(N(c4ccccc4)c4ccc(-c5ccc6ccccc6c5)cc4)ccc3s2)cc1. The lowest BCUT2D eigenvalue weighted by Crippen LogP contribution is -2.09. The first-order valence-electron chi connectivity index (χ1n) is 12.7. The van der Waals surface area contributed by atoms with Gasteiger partial charge < -0.3 is 4.90 Å². The van der Waals surface area contributed by atoms with Gasteiger partial charge in [-0.15, -0.1) is 11.3 Å². The Morgan fingerprint density at radius 3 is 1.87 bits per heavy atom. The third-order valence-corrected chi connectivity index (χ3v) is 7.96. The van der Waals surface area contributed by atoms with Gasteiger partial charge in [0.2, 0.25) is 0 Å². The minimum absolute atomic E-state index is 1.01. The summed E-state index contributed by atoms with van der Waals surface area (Å²) in [5, 5.41) is 3.56. The quantitative estimate of drug-likeness (QED) is 0.232. The van der Waals surface area contributed by atoms with E-state index < -0.39 is 0 Å². The van der Waals surface area contributed by atoms with Crippen LogP contribution in [0.25, 0.3) is 42.7 Å². The van der Waals surface area contributed by atoms with Crippen LogP contribution >= 0.6 is 11.3 Å². The molecule has 0 aliphatic carbocycles. The average molecular weight is 505 g/mol. The van der Waals surface area contributed by atoms with Crippen LogP contribution in [0.15, 0.2) is 146 Å². The number of anilines is 3. The normalized spacial score (nSPS) is 11.2. The number of benzene rings is 6. The highest BCUT2D eigenvalue weighted by Gasteiger charge is 2.15. The lowest BCUT2D eigenvalue weighted by molar-refractivity contribution is 1.29. The number of rotatable bonds is 5.